The summed E-state index contributed by atoms with van der Waals surface area (Å²) in [5.74, 6) is 0.157. The molecule has 4 rings (SSSR count). The molecule has 1 unspecified atom stereocenters. The zero-order valence-electron chi connectivity index (χ0n) is 16.6. The number of pyridine rings is 1. The number of rotatable bonds is 3. The fourth-order valence-electron chi connectivity index (χ4n) is 4.92. The van der Waals surface area contributed by atoms with Crippen molar-refractivity contribution in [3.63, 3.8) is 0 Å². The van der Waals surface area contributed by atoms with Crippen molar-refractivity contribution in [2.24, 2.45) is 0 Å². The molecule has 5 nitrogen and oxygen atoms in total. The maximum atomic E-state index is 13.4. The summed E-state index contributed by atoms with van der Waals surface area (Å²) >= 11 is 0. The van der Waals surface area contributed by atoms with Crippen LogP contribution >= 0.6 is 0 Å². The first kappa shape index (κ1) is 18.7. The number of ether oxygens (including phenoxy) is 1. The Balaban J connectivity index is 1.64. The quantitative estimate of drug-likeness (QED) is 0.807. The highest BCUT2D eigenvalue weighted by molar-refractivity contribution is 5.93. The molecule has 2 saturated heterocycles. The molecular weight excluding hydrogens is 357 g/mol. The molecule has 28 heavy (non-hydrogen) atoms. The van der Waals surface area contributed by atoms with E-state index in [1.165, 1.54) is 12.1 Å². The molecule has 0 radical (unpaired) electrons. The molecule has 2 aliphatic rings. The second-order valence-electron chi connectivity index (χ2n) is 8.40. The van der Waals surface area contributed by atoms with Crippen molar-refractivity contribution >= 4 is 11.6 Å². The molecule has 0 saturated carbocycles. The average Bonchev–Trinajstić information content (AvgIpc) is 3.21. The van der Waals surface area contributed by atoms with Gasteiger partial charge in [-0.05, 0) is 63.4 Å². The zero-order chi connectivity index (χ0) is 19.9. The predicted molar refractivity (Wildman–Crippen MR) is 106 cm³/mol. The van der Waals surface area contributed by atoms with E-state index in [1.807, 2.05) is 17.0 Å². The van der Waals surface area contributed by atoms with Gasteiger partial charge in [0.1, 0.15) is 11.5 Å². The Hall–Kier alpha value is -2.63. The van der Waals surface area contributed by atoms with E-state index in [1.54, 1.807) is 25.3 Å². The minimum atomic E-state index is -0.239. The fourth-order valence-corrected chi connectivity index (χ4v) is 4.92. The lowest BCUT2D eigenvalue weighted by Crippen LogP contribution is -2.49. The van der Waals surface area contributed by atoms with Crippen LogP contribution in [-0.2, 0) is 0 Å². The number of likely N-dealkylation sites (tertiary alicyclic amines) is 1. The van der Waals surface area contributed by atoms with Gasteiger partial charge in [-0.25, -0.2) is 9.37 Å². The number of hydrogen-bond acceptors (Lipinski definition) is 4. The van der Waals surface area contributed by atoms with Gasteiger partial charge in [-0.15, -0.1) is 0 Å². The minimum absolute atomic E-state index is 0.0480. The van der Waals surface area contributed by atoms with Crippen molar-refractivity contribution < 1.29 is 13.9 Å². The highest BCUT2D eigenvalue weighted by Crippen LogP contribution is 2.47. The van der Waals surface area contributed by atoms with E-state index in [-0.39, 0.29) is 22.8 Å². The topological polar surface area (TPSA) is 45.7 Å². The molecule has 2 fully saturated rings. The number of amides is 1. The van der Waals surface area contributed by atoms with Crippen LogP contribution in [0.15, 0.2) is 42.5 Å². The van der Waals surface area contributed by atoms with Crippen LogP contribution in [0.3, 0.4) is 0 Å². The predicted octanol–water partition coefficient (Wildman–Crippen LogP) is 3.89. The molecule has 6 heteroatoms. The molecule has 0 aliphatic carbocycles. The van der Waals surface area contributed by atoms with Gasteiger partial charge in [-0.2, -0.15) is 0 Å². The Morgan fingerprint density at radius 2 is 1.93 bits per heavy atom. The van der Waals surface area contributed by atoms with Crippen molar-refractivity contribution in [3.05, 3.63) is 54.0 Å². The van der Waals surface area contributed by atoms with E-state index >= 15 is 0 Å². The van der Waals surface area contributed by atoms with Crippen LogP contribution in [0.25, 0.3) is 0 Å². The van der Waals surface area contributed by atoms with Gasteiger partial charge in [0.2, 0.25) is 5.88 Å². The summed E-state index contributed by atoms with van der Waals surface area (Å²) in [7, 11) is 1.55. The van der Waals surface area contributed by atoms with Gasteiger partial charge in [0.05, 0.1) is 12.6 Å². The van der Waals surface area contributed by atoms with Gasteiger partial charge >= 0.3 is 0 Å². The van der Waals surface area contributed by atoms with Gasteiger partial charge in [0.25, 0.3) is 5.91 Å². The summed E-state index contributed by atoms with van der Waals surface area (Å²) in [6.07, 6.45) is 2.81. The summed E-state index contributed by atoms with van der Waals surface area (Å²) < 4.78 is 18.6. The van der Waals surface area contributed by atoms with Gasteiger partial charge in [0.15, 0.2) is 0 Å². The highest BCUT2D eigenvalue weighted by atomic mass is 19.1. The second-order valence-corrected chi connectivity index (χ2v) is 8.40. The molecule has 148 valence electrons. The first-order valence-corrected chi connectivity index (χ1v) is 9.71. The summed E-state index contributed by atoms with van der Waals surface area (Å²) in [5.41, 5.74) is 1.03. The SMILES string of the molecule is COc1cccc(C(=O)N2CCCC23CN(c2ccc(F)cc2)C(C)(C)C3)n1. The molecule has 2 aromatic rings. The average molecular weight is 383 g/mol. The third-order valence-electron chi connectivity index (χ3n) is 6.08. The van der Waals surface area contributed by atoms with Crippen LogP contribution in [0, 0.1) is 5.82 Å². The van der Waals surface area contributed by atoms with Crippen LogP contribution in [0.2, 0.25) is 0 Å². The zero-order valence-corrected chi connectivity index (χ0v) is 16.6. The van der Waals surface area contributed by atoms with Crippen molar-refractivity contribution in [1.82, 2.24) is 9.88 Å². The molecule has 3 heterocycles. The summed E-state index contributed by atoms with van der Waals surface area (Å²) in [6, 6.07) is 11.9. The van der Waals surface area contributed by atoms with Crippen molar-refractivity contribution in [2.75, 3.05) is 25.1 Å². The third-order valence-corrected chi connectivity index (χ3v) is 6.08. The Morgan fingerprint density at radius 1 is 1.18 bits per heavy atom. The molecule has 2 aliphatic heterocycles. The maximum Gasteiger partial charge on any atom is 0.273 e. The van der Waals surface area contributed by atoms with E-state index < -0.39 is 0 Å². The third kappa shape index (κ3) is 3.11. The van der Waals surface area contributed by atoms with Crippen LogP contribution in [0.1, 0.15) is 43.6 Å². The van der Waals surface area contributed by atoms with Gasteiger partial charge < -0.3 is 14.5 Å². The molecule has 1 amide bonds. The largest absolute Gasteiger partial charge is 0.481 e. The fraction of sp³-hybridized carbons (Fsp3) is 0.455. The number of anilines is 1. The Morgan fingerprint density at radius 3 is 2.64 bits per heavy atom. The van der Waals surface area contributed by atoms with E-state index in [9.17, 15) is 9.18 Å². The van der Waals surface area contributed by atoms with E-state index in [2.05, 4.69) is 23.7 Å². The van der Waals surface area contributed by atoms with Gasteiger partial charge in [-0.1, -0.05) is 6.07 Å². The molecule has 0 bridgehead atoms. The summed E-state index contributed by atoms with van der Waals surface area (Å²) in [4.78, 5) is 22.0. The molecule has 0 N–H and O–H groups in total. The Labute approximate surface area is 165 Å². The standard InChI is InChI=1S/C22H26FN3O2/c1-21(2)14-22(15-26(21)17-10-8-16(23)9-11-17)12-5-13-25(22)20(27)18-6-4-7-19(24-18)28-3/h4,6-11H,5,12-15H2,1-3H3. The molecular formula is C22H26FN3O2. The van der Waals surface area contributed by atoms with Crippen molar-refractivity contribution in [3.8, 4) is 5.88 Å². The lowest BCUT2D eigenvalue weighted by molar-refractivity contribution is 0.0610. The second kappa shape index (κ2) is 6.76. The lowest BCUT2D eigenvalue weighted by atomic mass is 9.87. The van der Waals surface area contributed by atoms with E-state index in [0.717, 1.165) is 38.0 Å². The number of carbonyl (C=O) groups excluding carboxylic acids is 1. The first-order valence-electron chi connectivity index (χ1n) is 9.71. The number of hydrogen-bond donors (Lipinski definition) is 0. The van der Waals surface area contributed by atoms with E-state index in [4.69, 9.17) is 4.74 Å². The van der Waals surface area contributed by atoms with Crippen molar-refractivity contribution in [2.45, 2.75) is 44.2 Å². The smallest absolute Gasteiger partial charge is 0.273 e. The summed E-state index contributed by atoms with van der Waals surface area (Å²) in [5, 5.41) is 0. The van der Waals surface area contributed by atoms with Crippen molar-refractivity contribution in [1.29, 1.82) is 0 Å². The number of nitrogens with zero attached hydrogens (tertiary/aromatic N) is 3. The van der Waals surface area contributed by atoms with Crippen LogP contribution < -0.4 is 9.64 Å². The van der Waals surface area contributed by atoms with Crippen LogP contribution in [0.5, 0.6) is 5.88 Å². The number of carbonyl (C=O) groups is 1. The van der Waals surface area contributed by atoms with Gasteiger partial charge in [0, 0.05) is 30.4 Å². The molecule has 1 aromatic heterocycles. The molecule has 1 spiro atoms. The first-order chi connectivity index (χ1) is 13.3. The normalized spacial score (nSPS) is 23.4. The van der Waals surface area contributed by atoms with Crippen LogP contribution in [-0.4, -0.2) is 47.1 Å². The minimum Gasteiger partial charge on any atom is -0.481 e. The van der Waals surface area contributed by atoms with Crippen LogP contribution in [0.4, 0.5) is 10.1 Å². The number of halogens is 1. The Bertz CT molecular complexity index is 884. The summed E-state index contributed by atoms with van der Waals surface area (Å²) in [6.45, 7) is 5.85. The molecule has 1 atom stereocenters. The van der Waals surface area contributed by atoms with Gasteiger partial charge in [-0.3, -0.25) is 4.79 Å². The molecule has 1 aromatic carbocycles. The lowest BCUT2D eigenvalue weighted by Gasteiger charge is -2.35. The maximum absolute atomic E-state index is 13.4. The van der Waals surface area contributed by atoms with E-state index in [0.29, 0.717) is 11.6 Å². The number of methoxy groups -OCH3 is 1. The number of benzene rings is 1. The highest BCUT2D eigenvalue weighted by Gasteiger charge is 2.55. The number of aromatic nitrogens is 1. The Kier molecular flexibility index (Phi) is 4.52. The monoisotopic (exact) mass is 383 g/mol.